The molecule has 82 valence electrons. The van der Waals surface area contributed by atoms with Gasteiger partial charge in [0, 0.05) is 43.0 Å². The quantitative estimate of drug-likeness (QED) is 0.832. The summed E-state index contributed by atoms with van der Waals surface area (Å²) in [5.41, 5.74) is 1.14. The summed E-state index contributed by atoms with van der Waals surface area (Å²) in [6.45, 7) is 4.08. The maximum Gasteiger partial charge on any atom is 0.122 e. The summed E-state index contributed by atoms with van der Waals surface area (Å²) >= 11 is 6.03. The maximum atomic E-state index is 6.03. The lowest BCUT2D eigenvalue weighted by molar-refractivity contribution is 0.414. The molecular formula is C11H15ClN2O. The number of anilines is 1. The van der Waals surface area contributed by atoms with Crippen molar-refractivity contribution in [2.45, 2.75) is 0 Å². The standard InChI is InChI=1S/C11H15ClN2O/c1-15-11-7-9(12)6-10(8-11)14-4-2-13-3-5-14/h6-8,13H,2-5H2,1H3. The van der Waals surface area contributed by atoms with E-state index in [2.05, 4.69) is 10.2 Å². The highest BCUT2D eigenvalue weighted by Gasteiger charge is 2.11. The SMILES string of the molecule is COc1cc(Cl)cc(N2CCNCC2)c1. The van der Waals surface area contributed by atoms with E-state index in [4.69, 9.17) is 16.3 Å². The van der Waals surface area contributed by atoms with Gasteiger partial charge in [0.2, 0.25) is 0 Å². The summed E-state index contributed by atoms with van der Waals surface area (Å²) < 4.78 is 5.20. The van der Waals surface area contributed by atoms with Crippen LogP contribution in [0.25, 0.3) is 0 Å². The van der Waals surface area contributed by atoms with Crippen molar-refractivity contribution in [3.63, 3.8) is 0 Å². The first kappa shape index (κ1) is 10.6. The third-order valence-electron chi connectivity index (χ3n) is 2.57. The minimum atomic E-state index is 0.725. The number of halogens is 1. The molecule has 0 atom stereocenters. The Morgan fingerprint density at radius 3 is 2.67 bits per heavy atom. The Morgan fingerprint density at radius 1 is 1.27 bits per heavy atom. The largest absolute Gasteiger partial charge is 0.497 e. The van der Waals surface area contributed by atoms with Crippen LogP contribution in [-0.4, -0.2) is 33.3 Å². The minimum Gasteiger partial charge on any atom is -0.497 e. The fourth-order valence-electron chi connectivity index (χ4n) is 1.77. The van der Waals surface area contributed by atoms with Gasteiger partial charge in [-0.1, -0.05) is 11.6 Å². The molecule has 0 bridgehead atoms. The van der Waals surface area contributed by atoms with E-state index in [1.54, 1.807) is 7.11 Å². The Morgan fingerprint density at radius 2 is 2.00 bits per heavy atom. The molecule has 1 aromatic rings. The van der Waals surface area contributed by atoms with Gasteiger partial charge >= 0.3 is 0 Å². The molecule has 0 saturated carbocycles. The molecule has 2 rings (SSSR count). The number of methoxy groups -OCH3 is 1. The van der Waals surface area contributed by atoms with E-state index in [0.717, 1.165) is 42.6 Å². The average molecular weight is 227 g/mol. The lowest BCUT2D eigenvalue weighted by atomic mass is 10.2. The number of piperazine rings is 1. The van der Waals surface area contributed by atoms with Crippen LogP contribution in [0, 0.1) is 0 Å². The molecule has 1 aliphatic heterocycles. The van der Waals surface area contributed by atoms with E-state index in [-0.39, 0.29) is 0 Å². The summed E-state index contributed by atoms with van der Waals surface area (Å²) in [6, 6.07) is 5.83. The molecule has 4 heteroatoms. The topological polar surface area (TPSA) is 24.5 Å². The molecule has 0 aliphatic carbocycles. The second-order valence-electron chi connectivity index (χ2n) is 3.59. The first-order valence-corrected chi connectivity index (χ1v) is 5.47. The normalized spacial score (nSPS) is 16.5. The molecule has 1 aliphatic rings. The molecule has 1 saturated heterocycles. The van der Waals surface area contributed by atoms with Crippen LogP contribution in [0.5, 0.6) is 5.75 Å². The summed E-state index contributed by atoms with van der Waals surface area (Å²) in [5.74, 6) is 0.816. The average Bonchev–Trinajstić information content (AvgIpc) is 2.29. The van der Waals surface area contributed by atoms with Gasteiger partial charge in [0.1, 0.15) is 5.75 Å². The smallest absolute Gasteiger partial charge is 0.122 e. The van der Waals surface area contributed by atoms with Crippen LogP contribution in [0.1, 0.15) is 0 Å². The van der Waals surface area contributed by atoms with Crippen LogP contribution in [0.2, 0.25) is 5.02 Å². The minimum absolute atomic E-state index is 0.725. The van der Waals surface area contributed by atoms with Crippen molar-refractivity contribution < 1.29 is 4.74 Å². The van der Waals surface area contributed by atoms with Crippen LogP contribution < -0.4 is 15.0 Å². The zero-order chi connectivity index (χ0) is 10.7. The monoisotopic (exact) mass is 226 g/mol. The van der Waals surface area contributed by atoms with Crippen LogP contribution >= 0.6 is 11.6 Å². The second-order valence-corrected chi connectivity index (χ2v) is 4.02. The van der Waals surface area contributed by atoms with E-state index in [1.807, 2.05) is 18.2 Å². The fourth-order valence-corrected chi connectivity index (χ4v) is 1.99. The van der Waals surface area contributed by atoms with Crippen molar-refractivity contribution in [1.29, 1.82) is 0 Å². The molecule has 15 heavy (non-hydrogen) atoms. The maximum absolute atomic E-state index is 6.03. The highest BCUT2D eigenvalue weighted by molar-refractivity contribution is 6.31. The van der Waals surface area contributed by atoms with Crippen molar-refractivity contribution in [2.24, 2.45) is 0 Å². The van der Waals surface area contributed by atoms with Gasteiger partial charge in [-0.05, 0) is 12.1 Å². The van der Waals surface area contributed by atoms with Crippen LogP contribution in [0.15, 0.2) is 18.2 Å². The third kappa shape index (κ3) is 2.55. The van der Waals surface area contributed by atoms with E-state index < -0.39 is 0 Å². The molecule has 1 N–H and O–H groups in total. The third-order valence-corrected chi connectivity index (χ3v) is 2.79. The number of hydrogen-bond donors (Lipinski definition) is 1. The number of nitrogens with zero attached hydrogens (tertiary/aromatic N) is 1. The fraction of sp³-hybridized carbons (Fsp3) is 0.455. The molecule has 0 aromatic heterocycles. The molecule has 0 amide bonds. The number of rotatable bonds is 2. The van der Waals surface area contributed by atoms with Crippen molar-refractivity contribution in [3.8, 4) is 5.75 Å². The van der Waals surface area contributed by atoms with E-state index in [1.165, 1.54) is 0 Å². The molecule has 1 aromatic carbocycles. The first-order chi connectivity index (χ1) is 7.29. The Hall–Kier alpha value is -0.930. The van der Waals surface area contributed by atoms with Gasteiger partial charge in [-0.25, -0.2) is 0 Å². The summed E-state index contributed by atoms with van der Waals surface area (Å²) in [6.07, 6.45) is 0. The lowest BCUT2D eigenvalue weighted by Gasteiger charge is -2.29. The number of ether oxygens (including phenoxy) is 1. The summed E-state index contributed by atoms with van der Waals surface area (Å²) in [7, 11) is 1.66. The van der Waals surface area contributed by atoms with Crippen molar-refractivity contribution in [3.05, 3.63) is 23.2 Å². The number of nitrogens with one attached hydrogen (secondary N) is 1. The van der Waals surface area contributed by atoms with Gasteiger partial charge in [0.05, 0.1) is 7.11 Å². The van der Waals surface area contributed by atoms with Gasteiger partial charge < -0.3 is 15.0 Å². The Bertz CT molecular complexity index is 337. The zero-order valence-electron chi connectivity index (χ0n) is 8.79. The Kier molecular flexibility index (Phi) is 3.34. The highest BCUT2D eigenvalue weighted by Crippen LogP contribution is 2.26. The predicted octanol–water partition coefficient (Wildman–Crippen LogP) is 1.76. The van der Waals surface area contributed by atoms with Crippen LogP contribution in [0.4, 0.5) is 5.69 Å². The lowest BCUT2D eigenvalue weighted by Crippen LogP contribution is -2.43. The van der Waals surface area contributed by atoms with Gasteiger partial charge in [-0.3, -0.25) is 0 Å². The Balaban J connectivity index is 2.22. The van der Waals surface area contributed by atoms with E-state index >= 15 is 0 Å². The van der Waals surface area contributed by atoms with E-state index in [0.29, 0.717) is 0 Å². The van der Waals surface area contributed by atoms with E-state index in [9.17, 15) is 0 Å². The summed E-state index contributed by atoms with van der Waals surface area (Å²) in [5, 5.41) is 4.05. The molecule has 1 fully saturated rings. The van der Waals surface area contributed by atoms with Gasteiger partial charge in [0.15, 0.2) is 0 Å². The second kappa shape index (κ2) is 4.73. The molecule has 0 unspecified atom stereocenters. The first-order valence-electron chi connectivity index (χ1n) is 5.10. The summed E-state index contributed by atoms with van der Waals surface area (Å²) in [4.78, 5) is 2.31. The predicted molar refractivity (Wildman–Crippen MR) is 63.1 cm³/mol. The van der Waals surface area contributed by atoms with Crippen molar-refractivity contribution >= 4 is 17.3 Å². The van der Waals surface area contributed by atoms with Gasteiger partial charge in [-0.15, -0.1) is 0 Å². The van der Waals surface area contributed by atoms with Crippen LogP contribution in [0.3, 0.4) is 0 Å². The van der Waals surface area contributed by atoms with Gasteiger partial charge in [0.25, 0.3) is 0 Å². The van der Waals surface area contributed by atoms with Crippen molar-refractivity contribution in [2.75, 3.05) is 38.2 Å². The molecular weight excluding hydrogens is 212 g/mol. The molecule has 0 spiro atoms. The van der Waals surface area contributed by atoms with Gasteiger partial charge in [-0.2, -0.15) is 0 Å². The Labute approximate surface area is 95.0 Å². The highest BCUT2D eigenvalue weighted by atomic mass is 35.5. The number of benzene rings is 1. The zero-order valence-corrected chi connectivity index (χ0v) is 9.55. The number of hydrogen-bond acceptors (Lipinski definition) is 3. The molecule has 0 radical (unpaired) electrons. The molecule has 3 nitrogen and oxygen atoms in total. The molecule has 1 heterocycles. The van der Waals surface area contributed by atoms with Crippen LogP contribution in [-0.2, 0) is 0 Å². The van der Waals surface area contributed by atoms with Crippen molar-refractivity contribution in [1.82, 2.24) is 5.32 Å².